The molecule has 0 fully saturated rings. The fraction of sp³-hybridized carbons (Fsp3) is 0.235. The predicted molar refractivity (Wildman–Crippen MR) is 81.2 cm³/mol. The van der Waals surface area contributed by atoms with Crippen LogP contribution in [0.5, 0.6) is 0 Å². The summed E-state index contributed by atoms with van der Waals surface area (Å²) < 4.78 is 0. The highest BCUT2D eigenvalue weighted by molar-refractivity contribution is 6.21. The number of nitrogens with one attached hydrogen (secondary N) is 1. The number of carbonyl (C=O) groups excluding carboxylic acids is 1. The lowest BCUT2D eigenvalue weighted by Crippen LogP contribution is -2.31. The van der Waals surface area contributed by atoms with Crippen molar-refractivity contribution in [2.24, 2.45) is 0 Å². The largest absolute Gasteiger partial charge is 0.352 e. The van der Waals surface area contributed by atoms with Crippen LogP contribution in [0, 0.1) is 0 Å². The predicted octanol–water partition coefficient (Wildman–Crippen LogP) is 3.50. The maximum Gasteiger partial charge on any atom is 0.251 e. The van der Waals surface area contributed by atoms with Crippen molar-refractivity contribution in [2.45, 2.75) is 18.2 Å². The van der Waals surface area contributed by atoms with Gasteiger partial charge in [-0.1, -0.05) is 42.5 Å². The van der Waals surface area contributed by atoms with Gasteiger partial charge >= 0.3 is 0 Å². The summed E-state index contributed by atoms with van der Waals surface area (Å²) in [6.07, 6.45) is 1.66. The van der Waals surface area contributed by atoms with Gasteiger partial charge in [0.05, 0.1) is 5.38 Å². The summed E-state index contributed by atoms with van der Waals surface area (Å²) in [7, 11) is 0. The Hall–Kier alpha value is -1.80. The molecule has 1 aliphatic heterocycles. The summed E-state index contributed by atoms with van der Waals surface area (Å²) in [5.41, 5.74) is 4.09. The number of carbonyl (C=O) groups is 1. The molecule has 2 aromatic rings. The highest BCUT2D eigenvalue weighted by Crippen LogP contribution is 2.27. The summed E-state index contributed by atoms with van der Waals surface area (Å²) in [4.78, 5) is 11.9. The number of alkyl halides is 1. The Morgan fingerprint density at radius 2 is 1.95 bits per heavy atom. The molecule has 0 radical (unpaired) electrons. The van der Waals surface area contributed by atoms with Gasteiger partial charge in [0, 0.05) is 12.1 Å². The number of amides is 1. The molecule has 0 saturated carbocycles. The zero-order chi connectivity index (χ0) is 13.9. The first-order chi connectivity index (χ1) is 9.74. The lowest BCUT2D eigenvalue weighted by Gasteiger charge is -2.18. The Bertz CT molecular complexity index is 624. The van der Waals surface area contributed by atoms with Crippen LogP contribution in [0.3, 0.4) is 0 Å². The summed E-state index contributed by atoms with van der Waals surface area (Å²) in [6.45, 7) is 0.722. The van der Waals surface area contributed by atoms with Crippen LogP contribution in [0.4, 0.5) is 0 Å². The van der Waals surface area contributed by atoms with Crippen molar-refractivity contribution in [1.82, 2.24) is 5.32 Å². The van der Waals surface area contributed by atoms with Crippen LogP contribution in [0.2, 0.25) is 0 Å². The van der Waals surface area contributed by atoms with Crippen molar-refractivity contribution in [3.05, 3.63) is 70.8 Å². The molecule has 20 heavy (non-hydrogen) atoms. The average molecular weight is 286 g/mol. The van der Waals surface area contributed by atoms with Gasteiger partial charge < -0.3 is 5.32 Å². The van der Waals surface area contributed by atoms with E-state index in [2.05, 4.69) is 17.4 Å². The summed E-state index contributed by atoms with van der Waals surface area (Å²) in [5, 5.41) is 2.76. The quantitative estimate of drug-likeness (QED) is 0.859. The van der Waals surface area contributed by atoms with Crippen LogP contribution in [0.25, 0.3) is 0 Å². The Morgan fingerprint density at radius 3 is 2.75 bits per heavy atom. The first-order valence-electron chi connectivity index (χ1n) is 6.83. The maximum absolute atomic E-state index is 11.9. The fourth-order valence-corrected chi connectivity index (χ4v) is 2.88. The first-order valence-corrected chi connectivity index (χ1v) is 7.27. The number of benzene rings is 2. The molecule has 0 saturated heterocycles. The van der Waals surface area contributed by atoms with Crippen molar-refractivity contribution in [3.8, 4) is 0 Å². The normalized spacial score (nSPS) is 15.3. The monoisotopic (exact) mass is 285 g/mol. The Labute approximate surface area is 123 Å². The van der Waals surface area contributed by atoms with Gasteiger partial charge in [0.25, 0.3) is 5.91 Å². The number of fused-ring (bicyclic) bond motifs is 1. The molecule has 102 valence electrons. The topological polar surface area (TPSA) is 29.1 Å². The molecule has 1 amide bonds. The minimum Gasteiger partial charge on any atom is -0.352 e. The lowest BCUT2D eigenvalue weighted by atomic mass is 9.95. The highest BCUT2D eigenvalue weighted by atomic mass is 35.5. The van der Waals surface area contributed by atoms with E-state index in [1.165, 1.54) is 5.56 Å². The van der Waals surface area contributed by atoms with Crippen LogP contribution < -0.4 is 5.32 Å². The van der Waals surface area contributed by atoms with Gasteiger partial charge in [-0.05, 0) is 35.6 Å². The first kappa shape index (κ1) is 13.2. The lowest BCUT2D eigenvalue weighted by molar-refractivity contribution is 0.0946. The highest BCUT2D eigenvalue weighted by Gasteiger charge is 2.18. The third-order valence-electron chi connectivity index (χ3n) is 3.68. The van der Waals surface area contributed by atoms with Crippen molar-refractivity contribution in [1.29, 1.82) is 0 Å². The second kappa shape index (κ2) is 5.68. The van der Waals surface area contributed by atoms with Gasteiger partial charge in [0.15, 0.2) is 0 Å². The molecule has 0 spiro atoms. The van der Waals surface area contributed by atoms with Crippen LogP contribution in [0.1, 0.15) is 32.4 Å². The second-order valence-corrected chi connectivity index (χ2v) is 5.61. The SMILES string of the molecule is O=C1NCCc2ccc(C(Cl)Cc3ccccc3)cc21. The van der Waals surface area contributed by atoms with Gasteiger partial charge in [-0.25, -0.2) is 0 Å². The van der Waals surface area contributed by atoms with Crippen LogP contribution in [0.15, 0.2) is 48.5 Å². The van der Waals surface area contributed by atoms with E-state index >= 15 is 0 Å². The van der Waals surface area contributed by atoms with Gasteiger partial charge in [-0.2, -0.15) is 0 Å². The molecule has 1 aliphatic rings. The van der Waals surface area contributed by atoms with Gasteiger partial charge in [0.1, 0.15) is 0 Å². The Kier molecular flexibility index (Phi) is 3.75. The number of hydrogen-bond donors (Lipinski definition) is 1. The molecule has 1 heterocycles. The summed E-state index contributed by atoms with van der Waals surface area (Å²) in [6, 6.07) is 16.2. The van der Waals surface area contributed by atoms with E-state index < -0.39 is 0 Å². The van der Waals surface area contributed by atoms with E-state index in [0.29, 0.717) is 0 Å². The van der Waals surface area contributed by atoms with Gasteiger partial charge in [-0.3, -0.25) is 4.79 Å². The van der Waals surface area contributed by atoms with Crippen molar-refractivity contribution < 1.29 is 4.79 Å². The molecule has 2 aromatic carbocycles. The van der Waals surface area contributed by atoms with Crippen molar-refractivity contribution in [2.75, 3.05) is 6.54 Å². The Balaban J connectivity index is 1.83. The van der Waals surface area contributed by atoms with E-state index in [1.807, 2.05) is 36.4 Å². The fourth-order valence-electron chi connectivity index (χ4n) is 2.56. The molecule has 0 aliphatic carbocycles. The molecule has 2 nitrogen and oxygen atoms in total. The van der Waals surface area contributed by atoms with Crippen LogP contribution in [-0.4, -0.2) is 12.5 Å². The molecule has 0 aromatic heterocycles. The van der Waals surface area contributed by atoms with Gasteiger partial charge in [0.2, 0.25) is 0 Å². The van der Waals surface area contributed by atoms with E-state index in [0.717, 1.165) is 36.1 Å². The second-order valence-electron chi connectivity index (χ2n) is 5.08. The van der Waals surface area contributed by atoms with Crippen LogP contribution >= 0.6 is 11.6 Å². The average Bonchev–Trinajstić information content (AvgIpc) is 2.48. The van der Waals surface area contributed by atoms with Crippen molar-refractivity contribution in [3.63, 3.8) is 0 Å². The standard InChI is InChI=1S/C17H16ClNO/c18-16(10-12-4-2-1-3-5-12)14-7-6-13-8-9-19-17(20)15(13)11-14/h1-7,11,16H,8-10H2,(H,19,20). The third-order valence-corrected chi connectivity index (χ3v) is 4.08. The zero-order valence-electron chi connectivity index (χ0n) is 11.1. The molecular formula is C17H16ClNO. The van der Waals surface area contributed by atoms with E-state index in [1.54, 1.807) is 0 Å². The van der Waals surface area contributed by atoms with E-state index in [4.69, 9.17) is 11.6 Å². The summed E-state index contributed by atoms with van der Waals surface area (Å²) in [5.74, 6) is 0.0108. The molecular weight excluding hydrogens is 270 g/mol. The molecule has 3 heteroatoms. The zero-order valence-corrected chi connectivity index (χ0v) is 11.9. The number of rotatable bonds is 3. The number of halogens is 1. The molecule has 1 atom stereocenters. The third kappa shape index (κ3) is 2.70. The van der Waals surface area contributed by atoms with Gasteiger partial charge in [-0.15, -0.1) is 11.6 Å². The Morgan fingerprint density at radius 1 is 1.15 bits per heavy atom. The van der Waals surface area contributed by atoms with Crippen molar-refractivity contribution >= 4 is 17.5 Å². The molecule has 0 bridgehead atoms. The number of hydrogen-bond acceptors (Lipinski definition) is 1. The molecule has 1 unspecified atom stereocenters. The molecule has 1 N–H and O–H groups in total. The van der Waals surface area contributed by atoms with Crippen LogP contribution in [-0.2, 0) is 12.8 Å². The smallest absolute Gasteiger partial charge is 0.251 e. The minimum absolute atomic E-state index is 0.0108. The molecule has 3 rings (SSSR count). The summed E-state index contributed by atoms with van der Waals surface area (Å²) >= 11 is 6.50. The van der Waals surface area contributed by atoms with E-state index in [-0.39, 0.29) is 11.3 Å². The minimum atomic E-state index is -0.113. The van der Waals surface area contributed by atoms with E-state index in [9.17, 15) is 4.79 Å². The maximum atomic E-state index is 11.9.